The number of aromatic amines is 1. The second-order valence-electron chi connectivity index (χ2n) is 7.28. The van der Waals surface area contributed by atoms with Gasteiger partial charge in [0.25, 0.3) is 0 Å². The fraction of sp³-hybridized carbons (Fsp3) is 0.154. The molecule has 0 fully saturated rings. The Bertz CT molecular complexity index is 1060. The van der Waals surface area contributed by atoms with Crippen LogP contribution in [-0.4, -0.2) is 23.0 Å². The van der Waals surface area contributed by atoms with Crippen molar-refractivity contribution in [2.24, 2.45) is 0 Å². The van der Waals surface area contributed by atoms with Crippen LogP contribution in [0.15, 0.2) is 95.6 Å². The zero-order valence-electron chi connectivity index (χ0n) is 16.4. The SMILES string of the molecule is Brc1ccc(/C=C/CN(CCc2c[nH]c3ccccc23)Cc2ccccc2)cc1. The van der Waals surface area contributed by atoms with Crippen molar-refractivity contribution < 1.29 is 0 Å². The molecule has 0 aliphatic rings. The number of nitrogens with zero attached hydrogens (tertiary/aromatic N) is 1. The number of hydrogen-bond acceptors (Lipinski definition) is 1. The topological polar surface area (TPSA) is 19.0 Å². The molecular formula is C26H25BrN2. The number of aromatic nitrogens is 1. The average Bonchev–Trinajstić information content (AvgIpc) is 3.17. The van der Waals surface area contributed by atoms with Crippen LogP contribution < -0.4 is 0 Å². The summed E-state index contributed by atoms with van der Waals surface area (Å²) in [6, 6.07) is 27.7. The van der Waals surface area contributed by atoms with Crippen molar-refractivity contribution >= 4 is 32.9 Å². The van der Waals surface area contributed by atoms with E-state index < -0.39 is 0 Å². The zero-order valence-corrected chi connectivity index (χ0v) is 18.0. The zero-order chi connectivity index (χ0) is 19.9. The summed E-state index contributed by atoms with van der Waals surface area (Å²) in [5, 5.41) is 1.33. The van der Waals surface area contributed by atoms with Crippen LogP contribution in [0.1, 0.15) is 16.7 Å². The summed E-state index contributed by atoms with van der Waals surface area (Å²) in [6.07, 6.45) is 7.66. The van der Waals surface area contributed by atoms with Crippen LogP contribution in [0.25, 0.3) is 17.0 Å². The molecule has 2 nitrogen and oxygen atoms in total. The first-order valence-electron chi connectivity index (χ1n) is 10.0. The minimum atomic E-state index is 0.924. The fourth-order valence-corrected chi connectivity index (χ4v) is 3.87. The van der Waals surface area contributed by atoms with Gasteiger partial charge in [-0.15, -0.1) is 0 Å². The minimum absolute atomic E-state index is 0.924. The molecule has 0 amide bonds. The Hall–Kier alpha value is -2.62. The Morgan fingerprint density at radius 2 is 1.62 bits per heavy atom. The van der Waals surface area contributed by atoms with Gasteiger partial charge in [0.15, 0.2) is 0 Å². The van der Waals surface area contributed by atoms with Gasteiger partial charge < -0.3 is 4.98 Å². The maximum atomic E-state index is 3.50. The van der Waals surface area contributed by atoms with E-state index in [0.29, 0.717) is 0 Å². The fourth-order valence-electron chi connectivity index (χ4n) is 3.61. The predicted octanol–water partition coefficient (Wildman–Crippen LogP) is 6.69. The van der Waals surface area contributed by atoms with Crippen molar-refractivity contribution in [3.8, 4) is 0 Å². The molecule has 0 radical (unpaired) electrons. The van der Waals surface area contributed by atoms with Gasteiger partial charge in [0.2, 0.25) is 0 Å². The molecule has 0 aliphatic heterocycles. The smallest absolute Gasteiger partial charge is 0.0456 e. The van der Waals surface area contributed by atoms with Crippen molar-refractivity contribution in [1.29, 1.82) is 0 Å². The maximum Gasteiger partial charge on any atom is 0.0456 e. The van der Waals surface area contributed by atoms with Gasteiger partial charge in [-0.05, 0) is 41.3 Å². The van der Waals surface area contributed by atoms with E-state index >= 15 is 0 Å². The number of fused-ring (bicyclic) bond motifs is 1. The monoisotopic (exact) mass is 444 g/mol. The third kappa shape index (κ3) is 5.47. The third-order valence-electron chi connectivity index (χ3n) is 5.17. The number of rotatable bonds is 8. The summed E-state index contributed by atoms with van der Waals surface area (Å²) in [7, 11) is 0. The average molecular weight is 445 g/mol. The second-order valence-corrected chi connectivity index (χ2v) is 8.20. The highest BCUT2D eigenvalue weighted by Gasteiger charge is 2.08. The van der Waals surface area contributed by atoms with Gasteiger partial charge in [0.05, 0.1) is 0 Å². The summed E-state index contributed by atoms with van der Waals surface area (Å²) in [5.41, 5.74) is 5.18. The summed E-state index contributed by atoms with van der Waals surface area (Å²) < 4.78 is 1.11. The van der Waals surface area contributed by atoms with Gasteiger partial charge in [-0.2, -0.15) is 0 Å². The largest absolute Gasteiger partial charge is 0.361 e. The van der Waals surface area contributed by atoms with Crippen molar-refractivity contribution in [3.05, 3.63) is 112 Å². The highest BCUT2D eigenvalue weighted by atomic mass is 79.9. The molecule has 4 rings (SSSR count). The Balaban J connectivity index is 1.44. The van der Waals surface area contributed by atoms with Gasteiger partial charge in [0.1, 0.15) is 0 Å². The molecular weight excluding hydrogens is 420 g/mol. The van der Waals surface area contributed by atoms with Crippen molar-refractivity contribution in [2.75, 3.05) is 13.1 Å². The van der Waals surface area contributed by atoms with E-state index in [9.17, 15) is 0 Å². The van der Waals surface area contributed by atoms with E-state index in [2.05, 4.69) is 123 Å². The van der Waals surface area contributed by atoms with E-state index in [0.717, 1.165) is 30.5 Å². The lowest BCUT2D eigenvalue weighted by Crippen LogP contribution is -2.25. The lowest BCUT2D eigenvalue weighted by molar-refractivity contribution is 0.299. The van der Waals surface area contributed by atoms with Crippen LogP contribution in [0, 0.1) is 0 Å². The molecule has 0 unspecified atom stereocenters. The first-order chi connectivity index (χ1) is 14.3. The van der Waals surface area contributed by atoms with Crippen molar-refractivity contribution in [3.63, 3.8) is 0 Å². The minimum Gasteiger partial charge on any atom is -0.361 e. The molecule has 0 spiro atoms. The molecule has 3 aromatic carbocycles. The van der Waals surface area contributed by atoms with Gasteiger partial charge in [-0.1, -0.05) is 88.7 Å². The number of H-pyrrole nitrogens is 1. The van der Waals surface area contributed by atoms with Crippen LogP contribution in [0.4, 0.5) is 0 Å². The molecule has 0 bridgehead atoms. The highest BCUT2D eigenvalue weighted by molar-refractivity contribution is 9.10. The first-order valence-corrected chi connectivity index (χ1v) is 10.8. The van der Waals surface area contributed by atoms with E-state index in [1.54, 1.807) is 0 Å². The van der Waals surface area contributed by atoms with Crippen LogP contribution >= 0.6 is 15.9 Å². The normalized spacial score (nSPS) is 11.7. The lowest BCUT2D eigenvalue weighted by atomic mass is 10.1. The summed E-state index contributed by atoms with van der Waals surface area (Å²) in [4.78, 5) is 5.90. The Kier molecular flexibility index (Phi) is 6.60. The molecule has 0 saturated carbocycles. The molecule has 1 aromatic heterocycles. The molecule has 1 N–H and O–H groups in total. The predicted molar refractivity (Wildman–Crippen MR) is 127 cm³/mol. The van der Waals surface area contributed by atoms with Crippen molar-refractivity contribution in [1.82, 2.24) is 9.88 Å². The van der Waals surface area contributed by atoms with Gasteiger partial charge in [0, 0.05) is 41.2 Å². The number of nitrogens with one attached hydrogen (secondary N) is 1. The summed E-state index contributed by atoms with van der Waals surface area (Å²) in [6.45, 7) is 2.89. The molecule has 4 aromatic rings. The van der Waals surface area contributed by atoms with Gasteiger partial charge >= 0.3 is 0 Å². The van der Waals surface area contributed by atoms with E-state index in [-0.39, 0.29) is 0 Å². The first kappa shape index (κ1) is 19.7. The van der Waals surface area contributed by atoms with Crippen LogP contribution in [0.5, 0.6) is 0 Å². The quantitative estimate of drug-likeness (QED) is 0.320. The third-order valence-corrected chi connectivity index (χ3v) is 5.69. The molecule has 1 heterocycles. The molecule has 0 aliphatic carbocycles. The second kappa shape index (κ2) is 9.73. The Labute approximate surface area is 181 Å². The van der Waals surface area contributed by atoms with Crippen LogP contribution in [0.3, 0.4) is 0 Å². The summed E-state index contributed by atoms with van der Waals surface area (Å²) >= 11 is 3.50. The van der Waals surface area contributed by atoms with E-state index in [4.69, 9.17) is 0 Å². The molecule has 29 heavy (non-hydrogen) atoms. The van der Waals surface area contributed by atoms with Crippen LogP contribution in [0.2, 0.25) is 0 Å². The lowest BCUT2D eigenvalue weighted by Gasteiger charge is -2.21. The van der Waals surface area contributed by atoms with E-state index in [1.807, 2.05) is 0 Å². The highest BCUT2D eigenvalue weighted by Crippen LogP contribution is 2.19. The number of halogens is 1. The Morgan fingerprint density at radius 3 is 2.45 bits per heavy atom. The van der Waals surface area contributed by atoms with Gasteiger partial charge in [-0.3, -0.25) is 4.90 Å². The van der Waals surface area contributed by atoms with Gasteiger partial charge in [-0.25, -0.2) is 0 Å². The Morgan fingerprint density at radius 1 is 0.862 bits per heavy atom. The van der Waals surface area contributed by atoms with E-state index in [1.165, 1.54) is 27.6 Å². The molecule has 0 saturated heterocycles. The molecule has 3 heteroatoms. The van der Waals surface area contributed by atoms with Crippen LogP contribution in [-0.2, 0) is 13.0 Å². The number of benzene rings is 3. The molecule has 146 valence electrons. The maximum absolute atomic E-state index is 3.50. The number of para-hydroxylation sites is 1. The molecule has 0 atom stereocenters. The number of hydrogen-bond donors (Lipinski definition) is 1. The van der Waals surface area contributed by atoms with Crippen molar-refractivity contribution in [2.45, 2.75) is 13.0 Å². The summed E-state index contributed by atoms with van der Waals surface area (Å²) in [5.74, 6) is 0. The standard InChI is InChI=1S/C26H25BrN2/c27-24-14-12-21(13-15-24)9-6-17-29(20-22-7-2-1-3-8-22)18-16-23-19-28-26-11-5-4-10-25(23)26/h1-15,19,28H,16-18,20H2/b9-6+.